The minimum absolute atomic E-state index is 0.135. The van der Waals surface area contributed by atoms with Crippen LogP contribution in [0.3, 0.4) is 0 Å². The number of hydrogen-bond acceptors (Lipinski definition) is 4. The molecule has 1 fully saturated rings. The largest absolute Gasteiger partial charge is 0.347 e. The molecule has 1 amide bonds. The molecule has 1 aliphatic rings. The zero-order chi connectivity index (χ0) is 20.3. The van der Waals surface area contributed by atoms with E-state index in [4.69, 9.17) is 17.3 Å². The number of rotatable bonds is 6. The van der Waals surface area contributed by atoms with Crippen LogP contribution in [0.4, 0.5) is 0 Å². The smallest absolute Gasteiger partial charge is 0.275 e. The van der Waals surface area contributed by atoms with Gasteiger partial charge in [0.1, 0.15) is 32.0 Å². The molecular formula is C19H32N6OS2+2. The van der Waals surface area contributed by atoms with Gasteiger partial charge in [0.15, 0.2) is 13.2 Å². The minimum Gasteiger partial charge on any atom is -0.347 e. The first-order chi connectivity index (χ1) is 13.2. The monoisotopic (exact) mass is 424 g/mol. The third-order valence-corrected chi connectivity index (χ3v) is 6.37. The van der Waals surface area contributed by atoms with E-state index >= 15 is 0 Å². The maximum atomic E-state index is 12.1. The Balaban J connectivity index is 1.52. The van der Waals surface area contributed by atoms with Crippen LogP contribution in [-0.4, -0.2) is 58.5 Å². The Kier molecular flexibility index (Phi) is 6.69. The Hall–Kier alpha value is -1.55. The molecular weight excluding hydrogens is 392 g/mol. The van der Waals surface area contributed by atoms with E-state index in [1.807, 2.05) is 37.1 Å². The van der Waals surface area contributed by atoms with Gasteiger partial charge in [-0.15, -0.1) is 11.3 Å². The van der Waals surface area contributed by atoms with Crippen LogP contribution in [0, 0.1) is 4.77 Å². The first-order valence-corrected chi connectivity index (χ1v) is 11.1. The van der Waals surface area contributed by atoms with Crippen LogP contribution in [-0.2, 0) is 24.9 Å². The lowest BCUT2D eigenvalue weighted by atomic mass is 10.1. The van der Waals surface area contributed by atoms with Crippen LogP contribution in [0.25, 0.3) is 0 Å². The van der Waals surface area contributed by atoms with Crippen LogP contribution in [0.5, 0.6) is 0 Å². The SMILES string of the molecule is Cn1c(Cc2cccs2)nn(C[NH+]2CC[NH+](CC(=O)NC(C)(C)C)CC2)c1=S. The maximum Gasteiger partial charge on any atom is 0.275 e. The Morgan fingerprint density at radius 1 is 1.29 bits per heavy atom. The molecule has 0 saturated carbocycles. The van der Waals surface area contributed by atoms with Gasteiger partial charge in [-0.25, -0.2) is 0 Å². The number of aromatic nitrogens is 3. The van der Waals surface area contributed by atoms with Gasteiger partial charge in [-0.2, -0.15) is 9.78 Å². The van der Waals surface area contributed by atoms with Crippen LogP contribution >= 0.6 is 23.6 Å². The number of piperazine rings is 1. The van der Waals surface area contributed by atoms with E-state index in [-0.39, 0.29) is 11.4 Å². The van der Waals surface area contributed by atoms with Crippen molar-refractivity contribution in [1.29, 1.82) is 0 Å². The van der Waals surface area contributed by atoms with Gasteiger partial charge in [-0.1, -0.05) is 6.07 Å². The summed E-state index contributed by atoms with van der Waals surface area (Å²) in [6, 6.07) is 4.20. The summed E-state index contributed by atoms with van der Waals surface area (Å²) in [4.78, 5) is 16.3. The average Bonchev–Trinajstić information content (AvgIpc) is 3.20. The number of quaternary nitrogens is 2. The molecule has 0 atom stereocenters. The quantitative estimate of drug-likeness (QED) is 0.536. The lowest BCUT2D eigenvalue weighted by Crippen LogP contribution is -3.28. The van der Waals surface area contributed by atoms with Crippen molar-refractivity contribution in [3.63, 3.8) is 0 Å². The average molecular weight is 425 g/mol. The predicted molar refractivity (Wildman–Crippen MR) is 113 cm³/mol. The van der Waals surface area contributed by atoms with Crippen molar-refractivity contribution in [1.82, 2.24) is 19.7 Å². The highest BCUT2D eigenvalue weighted by molar-refractivity contribution is 7.71. The zero-order valence-corrected chi connectivity index (χ0v) is 18.9. The molecule has 0 bridgehead atoms. The van der Waals surface area contributed by atoms with Crippen LogP contribution in [0.1, 0.15) is 31.5 Å². The van der Waals surface area contributed by atoms with E-state index in [0.29, 0.717) is 6.54 Å². The van der Waals surface area contributed by atoms with E-state index in [9.17, 15) is 4.79 Å². The fourth-order valence-electron chi connectivity index (χ4n) is 3.55. The summed E-state index contributed by atoms with van der Waals surface area (Å²) in [6.07, 6.45) is 0.820. The van der Waals surface area contributed by atoms with Crippen molar-refractivity contribution in [2.75, 3.05) is 32.7 Å². The maximum absolute atomic E-state index is 12.1. The highest BCUT2D eigenvalue weighted by atomic mass is 32.1. The minimum atomic E-state index is -0.167. The molecule has 0 aliphatic carbocycles. The second kappa shape index (κ2) is 8.86. The van der Waals surface area contributed by atoms with Crippen LogP contribution in [0.15, 0.2) is 17.5 Å². The van der Waals surface area contributed by atoms with Gasteiger partial charge in [0.05, 0.1) is 0 Å². The molecule has 3 heterocycles. The molecule has 0 radical (unpaired) electrons. The molecule has 1 aliphatic heterocycles. The van der Waals surface area contributed by atoms with Gasteiger partial charge in [-0.3, -0.25) is 4.79 Å². The summed E-state index contributed by atoms with van der Waals surface area (Å²) in [7, 11) is 2.00. The van der Waals surface area contributed by atoms with Crippen molar-refractivity contribution in [2.45, 2.75) is 39.4 Å². The second-order valence-corrected chi connectivity index (χ2v) is 10.0. The van der Waals surface area contributed by atoms with Gasteiger partial charge in [-0.05, 0) is 44.4 Å². The van der Waals surface area contributed by atoms with E-state index in [1.165, 1.54) is 14.7 Å². The summed E-state index contributed by atoms with van der Waals surface area (Å²) in [5.74, 6) is 1.14. The standard InChI is InChI=1S/C19H30N6OS2/c1-19(2,3)20-17(26)13-23-7-9-24(10-8-23)14-25-18(27)22(4)16(21-25)12-15-6-5-11-28-15/h5-6,11H,7-10,12-14H2,1-4H3,(H,20,26)/p+2. The molecule has 3 rings (SSSR count). The van der Waals surface area contributed by atoms with E-state index in [1.54, 1.807) is 11.3 Å². The molecule has 2 aromatic rings. The van der Waals surface area contributed by atoms with Gasteiger partial charge in [0.2, 0.25) is 4.77 Å². The predicted octanol–water partition coefficient (Wildman–Crippen LogP) is -0.741. The zero-order valence-electron chi connectivity index (χ0n) is 17.2. The number of nitrogens with zero attached hydrogens (tertiary/aromatic N) is 3. The fraction of sp³-hybridized carbons (Fsp3) is 0.632. The van der Waals surface area contributed by atoms with Gasteiger partial charge in [0, 0.05) is 23.9 Å². The summed E-state index contributed by atoms with van der Waals surface area (Å²) in [5, 5.41) is 9.92. The normalized spacial score (nSPS) is 20.3. The van der Waals surface area contributed by atoms with Gasteiger partial charge >= 0.3 is 0 Å². The Bertz CT molecular complexity index is 841. The van der Waals surface area contributed by atoms with E-state index < -0.39 is 0 Å². The van der Waals surface area contributed by atoms with E-state index in [2.05, 4.69) is 22.8 Å². The molecule has 0 aromatic carbocycles. The second-order valence-electron chi connectivity index (χ2n) is 8.65. The summed E-state index contributed by atoms with van der Waals surface area (Å²) < 4.78 is 4.76. The number of thiophene rings is 1. The number of carbonyl (C=O) groups excluding carboxylic acids is 1. The molecule has 2 aromatic heterocycles. The topological polar surface area (TPSA) is 60.7 Å². The molecule has 154 valence electrons. The third kappa shape index (κ3) is 5.73. The van der Waals surface area contributed by atoms with Crippen molar-refractivity contribution in [2.24, 2.45) is 7.05 Å². The molecule has 0 unspecified atom stereocenters. The third-order valence-electron chi connectivity index (χ3n) is 5.01. The van der Waals surface area contributed by atoms with Crippen molar-refractivity contribution >= 4 is 29.5 Å². The van der Waals surface area contributed by atoms with Crippen molar-refractivity contribution < 1.29 is 14.6 Å². The summed E-state index contributed by atoms with van der Waals surface area (Å²) in [5.41, 5.74) is -0.167. The summed E-state index contributed by atoms with van der Waals surface area (Å²) >= 11 is 7.35. The van der Waals surface area contributed by atoms with Crippen molar-refractivity contribution in [3.8, 4) is 0 Å². The van der Waals surface area contributed by atoms with E-state index in [0.717, 1.165) is 49.9 Å². The number of nitrogens with one attached hydrogen (secondary N) is 3. The summed E-state index contributed by atoms with van der Waals surface area (Å²) in [6.45, 7) is 11.4. The number of carbonyl (C=O) groups is 1. The highest BCUT2D eigenvalue weighted by Gasteiger charge is 2.26. The first kappa shape index (κ1) is 21.2. The molecule has 7 nitrogen and oxygen atoms in total. The molecule has 3 N–H and O–H groups in total. The molecule has 0 spiro atoms. The van der Waals surface area contributed by atoms with Gasteiger partial charge in [0.25, 0.3) is 5.91 Å². The first-order valence-electron chi connectivity index (χ1n) is 9.84. The van der Waals surface area contributed by atoms with Crippen molar-refractivity contribution in [3.05, 3.63) is 33.0 Å². The van der Waals surface area contributed by atoms with Gasteiger partial charge < -0.3 is 19.7 Å². The lowest BCUT2D eigenvalue weighted by molar-refractivity contribution is -1.02. The fourth-order valence-corrected chi connectivity index (χ4v) is 4.46. The highest BCUT2D eigenvalue weighted by Crippen LogP contribution is 2.13. The molecule has 9 heteroatoms. The van der Waals surface area contributed by atoms with Crippen LogP contribution < -0.4 is 15.1 Å². The Morgan fingerprint density at radius 2 is 1.96 bits per heavy atom. The Morgan fingerprint density at radius 3 is 2.57 bits per heavy atom. The molecule has 28 heavy (non-hydrogen) atoms. The Labute approximate surface area is 175 Å². The number of hydrogen-bond donors (Lipinski definition) is 3. The molecule has 1 saturated heterocycles. The lowest BCUT2D eigenvalue weighted by Gasteiger charge is -2.30. The number of amides is 1. The van der Waals surface area contributed by atoms with Crippen LogP contribution in [0.2, 0.25) is 0 Å².